The van der Waals surface area contributed by atoms with E-state index in [-0.39, 0.29) is 46.8 Å². The lowest BCUT2D eigenvalue weighted by molar-refractivity contribution is -0.136. The molecule has 11 heteroatoms. The summed E-state index contributed by atoms with van der Waals surface area (Å²) in [4.78, 5) is 38.4. The van der Waals surface area contributed by atoms with Crippen molar-refractivity contribution in [3.05, 3.63) is 93.0 Å². The average molecular weight is 638 g/mol. The molecule has 0 bridgehead atoms. The molecule has 0 saturated heterocycles. The van der Waals surface area contributed by atoms with Gasteiger partial charge in [0.15, 0.2) is 0 Å². The molecule has 3 rings (SSSR count). The molecule has 8 nitrogen and oxygen atoms in total. The van der Waals surface area contributed by atoms with Crippen molar-refractivity contribution in [3.8, 4) is 11.5 Å². The number of carbonyl (C=O) groups is 3. The maximum atomic E-state index is 13.3. The van der Waals surface area contributed by atoms with Crippen LogP contribution in [0.4, 0.5) is 0 Å². The summed E-state index contributed by atoms with van der Waals surface area (Å²) < 4.78 is 10.5. The Morgan fingerprint density at radius 3 is 2.31 bits per heavy atom. The van der Waals surface area contributed by atoms with Gasteiger partial charge in [-0.3, -0.25) is 4.79 Å². The number of nitrogens with one attached hydrogen (secondary N) is 2. The number of unbranched alkanes of at least 4 members (excludes halogenated alkanes) is 2. The number of benzene rings is 3. The first-order valence-corrected chi connectivity index (χ1v) is 14.2. The number of esters is 2. The third-order valence-electron chi connectivity index (χ3n) is 6.34. The number of amides is 1. The van der Waals surface area contributed by atoms with Crippen LogP contribution in [0.15, 0.2) is 60.7 Å². The number of carbonyl (C=O) groups excluding carboxylic acids is 3. The Hall–Kier alpha value is -3.30. The van der Waals surface area contributed by atoms with E-state index in [1.54, 1.807) is 6.92 Å². The van der Waals surface area contributed by atoms with E-state index in [4.69, 9.17) is 32.7 Å². The van der Waals surface area contributed by atoms with Crippen LogP contribution in [-0.2, 0) is 22.4 Å². The second-order valence-electron chi connectivity index (χ2n) is 9.34. The molecule has 42 heavy (non-hydrogen) atoms. The maximum absolute atomic E-state index is 13.3. The van der Waals surface area contributed by atoms with Crippen molar-refractivity contribution in [2.24, 2.45) is 0 Å². The first kappa shape index (κ1) is 34.9. The van der Waals surface area contributed by atoms with Crippen molar-refractivity contribution >= 4 is 53.5 Å². The van der Waals surface area contributed by atoms with Crippen LogP contribution in [-0.4, -0.2) is 49.2 Å². The summed E-state index contributed by atoms with van der Waals surface area (Å²) in [6.45, 7) is 2.85. The van der Waals surface area contributed by atoms with Crippen molar-refractivity contribution in [1.82, 2.24) is 10.6 Å². The summed E-state index contributed by atoms with van der Waals surface area (Å²) in [6.07, 6.45) is 3.43. The summed E-state index contributed by atoms with van der Waals surface area (Å²) in [5.74, 6) is -2.18. The molecule has 0 fully saturated rings. The Balaban J connectivity index is 0.00000616. The standard InChI is InChI=1S/C31H34Cl2N2O6.ClH/c1-3-40-30(38)21-13-15-22(16-14-21)41-31(39)26(18-20-10-6-4-7-11-20)35-29(37)24-19-25(32)23(27(33)28(24)36)12-8-5-9-17-34-2;/h4,6-7,10-11,13-16,19,26,34,36H,3,5,8-9,12,17-18H2,1-2H3,(H,35,37);1H/t26-;/m0./s1. The molecule has 3 aromatic carbocycles. The highest BCUT2D eigenvalue weighted by Gasteiger charge is 2.27. The molecule has 0 aliphatic carbocycles. The SMILES string of the molecule is CCOC(=O)c1ccc(OC(=O)[C@H](Cc2ccccc2)NC(=O)c2cc(Cl)c(CCCCCNC)c(Cl)c2O)cc1.Cl. The number of aromatic hydroxyl groups is 1. The third-order valence-corrected chi connectivity index (χ3v) is 7.09. The highest BCUT2D eigenvalue weighted by Crippen LogP contribution is 2.37. The van der Waals surface area contributed by atoms with Crippen LogP contribution in [0.5, 0.6) is 11.5 Å². The van der Waals surface area contributed by atoms with Gasteiger partial charge >= 0.3 is 11.9 Å². The molecule has 1 amide bonds. The van der Waals surface area contributed by atoms with Gasteiger partial charge in [0.05, 0.1) is 22.8 Å². The van der Waals surface area contributed by atoms with Gasteiger partial charge in [-0.25, -0.2) is 9.59 Å². The van der Waals surface area contributed by atoms with Crippen molar-refractivity contribution in [2.45, 2.75) is 45.1 Å². The fourth-order valence-electron chi connectivity index (χ4n) is 4.17. The average Bonchev–Trinajstić information content (AvgIpc) is 2.97. The molecule has 3 aromatic rings. The zero-order chi connectivity index (χ0) is 29.8. The summed E-state index contributed by atoms with van der Waals surface area (Å²) in [5.41, 5.74) is 1.51. The fourth-order valence-corrected chi connectivity index (χ4v) is 4.82. The van der Waals surface area contributed by atoms with Gasteiger partial charge in [-0.15, -0.1) is 12.4 Å². The normalized spacial score (nSPS) is 11.2. The van der Waals surface area contributed by atoms with E-state index in [0.717, 1.165) is 31.4 Å². The number of halogens is 3. The second kappa shape index (κ2) is 17.6. The molecule has 1 atom stereocenters. The Kier molecular flexibility index (Phi) is 14.6. The molecular weight excluding hydrogens is 603 g/mol. The molecule has 0 saturated carbocycles. The summed E-state index contributed by atoms with van der Waals surface area (Å²) in [6, 6.07) is 15.2. The largest absolute Gasteiger partial charge is 0.506 e. The Labute approximate surface area is 262 Å². The quantitative estimate of drug-likeness (QED) is 0.110. The van der Waals surface area contributed by atoms with Gasteiger partial charge in [-0.1, -0.05) is 60.0 Å². The Morgan fingerprint density at radius 1 is 0.976 bits per heavy atom. The molecular formula is C31H35Cl3N2O6. The van der Waals surface area contributed by atoms with Crippen LogP contribution >= 0.6 is 35.6 Å². The van der Waals surface area contributed by atoms with E-state index < -0.39 is 29.6 Å². The van der Waals surface area contributed by atoms with Crippen LogP contribution in [0.1, 0.15) is 58.0 Å². The molecule has 226 valence electrons. The second-order valence-corrected chi connectivity index (χ2v) is 10.1. The van der Waals surface area contributed by atoms with Gasteiger partial charge in [0.25, 0.3) is 5.91 Å². The lowest BCUT2D eigenvalue weighted by Gasteiger charge is -2.19. The summed E-state index contributed by atoms with van der Waals surface area (Å²) >= 11 is 12.9. The first-order valence-electron chi connectivity index (χ1n) is 13.4. The van der Waals surface area contributed by atoms with Crippen LogP contribution in [0, 0.1) is 0 Å². The van der Waals surface area contributed by atoms with Crippen molar-refractivity contribution in [3.63, 3.8) is 0 Å². The molecule has 3 N–H and O–H groups in total. The number of hydrogen-bond donors (Lipinski definition) is 3. The minimum absolute atomic E-state index is 0. The molecule has 0 aromatic heterocycles. The fraction of sp³-hybridized carbons (Fsp3) is 0.323. The summed E-state index contributed by atoms with van der Waals surface area (Å²) in [5, 5.41) is 16.8. The van der Waals surface area contributed by atoms with Crippen LogP contribution in [0.3, 0.4) is 0 Å². The predicted molar refractivity (Wildman–Crippen MR) is 166 cm³/mol. The van der Waals surface area contributed by atoms with Gasteiger partial charge in [-0.2, -0.15) is 0 Å². The minimum atomic E-state index is -1.11. The Bertz CT molecular complexity index is 1340. The van der Waals surface area contributed by atoms with E-state index in [1.807, 2.05) is 37.4 Å². The minimum Gasteiger partial charge on any atom is -0.506 e. The van der Waals surface area contributed by atoms with Crippen LogP contribution < -0.4 is 15.4 Å². The van der Waals surface area contributed by atoms with E-state index in [0.29, 0.717) is 17.5 Å². The molecule has 0 aliphatic rings. The van der Waals surface area contributed by atoms with Crippen molar-refractivity contribution in [1.29, 1.82) is 0 Å². The van der Waals surface area contributed by atoms with Crippen molar-refractivity contribution in [2.75, 3.05) is 20.2 Å². The lowest BCUT2D eigenvalue weighted by Crippen LogP contribution is -2.44. The van der Waals surface area contributed by atoms with Gasteiger partial charge < -0.3 is 25.2 Å². The van der Waals surface area contributed by atoms with Gasteiger partial charge in [0, 0.05) is 11.4 Å². The molecule has 0 radical (unpaired) electrons. The number of phenols is 1. The lowest BCUT2D eigenvalue weighted by atomic mass is 10.0. The number of hydrogen-bond acceptors (Lipinski definition) is 7. The van der Waals surface area contributed by atoms with E-state index >= 15 is 0 Å². The first-order chi connectivity index (χ1) is 19.7. The van der Waals surface area contributed by atoms with Gasteiger partial charge in [-0.05, 0) is 81.2 Å². The van der Waals surface area contributed by atoms with Crippen LogP contribution in [0.2, 0.25) is 10.0 Å². The topological polar surface area (TPSA) is 114 Å². The monoisotopic (exact) mass is 636 g/mol. The third kappa shape index (κ3) is 9.91. The zero-order valence-corrected chi connectivity index (χ0v) is 25.8. The number of rotatable bonds is 14. The van der Waals surface area contributed by atoms with Crippen molar-refractivity contribution < 1.29 is 29.0 Å². The molecule has 0 unspecified atom stereocenters. The van der Waals surface area contributed by atoms with Crippen LogP contribution in [0.25, 0.3) is 0 Å². The molecule has 0 heterocycles. The number of ether oxygens (including phenoxy) is 2. The highest BCUT2D eigenvalue weighted by atomic mass is 35.5. The summed E-state index contributed by atoms with van der Waals surface area (Å²) in [7, 11) is 1.89. The van der Waals surface area contributed by atoms with Gasteiger partial charge in [0.1, 0.15) is 17.5 Å². The van der Waals surface area contributed by atoms with E-state index in [2.05, 4.69) is 10.6 Å². The smallest absolute Gasteiger partial charge is 0.338 e. The number of phenolic OH excluding ortho intramolecular Hbond substituents is 1. The molecule has 0 aliphatic heterocycles. The van der Waals surface area contributed by atoms with Gasteiger partial charge in [0.2, 0.25) is 0 Å². The van der Waals surface area contributed by atoms with E-state index in [1.165, 1.54) is 30.3 Å². The Morgan fingerprint density at radius 2 is 1.67 bits per heavy atom. The molecule has 0 spiro atoms. The highest BCUT2D eigenvalue weighted by molar-refractivity contribution is 6.37. The van der Waals surface area contributed by atoms with E-state index in [9.17, 15) is 19.5 Å². The predicted octanol–water partition coefficient (Wildman–Crippen LogP) is 6.18. The zero-order valence-electron chi connectivity index (χ0n) is 23.5. The maximum Gasteiger partial charge on any atom is 0.338 e.